The minimum Gasteiger partial charge on any atom is -0.408 e. The van der Waals surface area contributed by atoms with Crippen molar-refractivity contribution < 1.29 is 18.3 Å². The van der Waals surface area contributed by atoms with Gasteiger partial charge in [-0.05, 0) is 47.7 Å². The van der Waals surface area contributed by atoms with Gasteiger partial charge in [-0.2, -0.15) is 5.26 Å². The Morgan fingerprint density at radius 3 is 2.66 bits per heavy atom. The van der Waals surface area contributed by atoms with Gasteiger partial charge in [-0.1, -0.05) is 18.2 Å². The number of nitrogens with one attached hydrogen (secondary N) is 1. The standard InChI is InChI=1S/C23H23FN4O4/c1-28-19-12-15(4-5-20(19)32-22(28)30)14-2-3-16(18(24)11-14)10-17(13-25)27-21(29)23(26)6-8-31-9-7-23/h2-5,11-12,17H,6-10,26H2,1H3,(H,27,29). The highest BCUT2D eigenvalue weighted by Gasteiger charge is 2.37. The van der Waals surface area contributed by atoms with Gasteiger partial charge < -0.3 is 20.2 Å². The van der Waals surface area contributed by atoms with Crippen LogP contribution in [0.1, 0.15) is 18.4 Å². The molecule has 4 rings (SSSR count). The van der Waals surface area contributed by atoms with Crippen LogP contribution in [0.5, 0.6) is 0 Å². The van der Waals surface area contributed by atoms with Gasteiger partial charge in [0.15, 0.2) is 5.58 Å². The Balaban J connectivity index is 1.51. The van der Waals surface area contributed by atoms with E-state index in [1.165, 1.54) is 10.6 Å². The van der Waals surface area contributed by atoms with E-state index in [9.17, 15) is 19.2 Å². The van der Waals surface area contributed by atoms with Crippen LogP contribution in [0.4, 0.5) is 4.39 Å². The molecule has 0 radical (unpaired) electrons. The maximum Gasteiger partial charge on any atom is 0.419 e. The number of nitrogens with two attached hydrogens (primary N) is 1. The van der Waals surface area contributed by atoms with Crippen LogP contribution in [0.3, 0.4) is 0 Å². The maximum absolute atomic E-state index is 14.9. The molecule has 9 heteroatoms. The van der Waals surface area contributed by atoms with E-state index in [1.807, 2.05) is 6.07 Å². The van der Waals surface area contributed by atoms with Gasteiger partial charge in [-0.3, -0.25) is 9.36 Å². The number of carbonyl (C=O) groups is 1. The largest absolute Gasteiger partial charge is 0.419 e. The van der Waals surface area contributed by atoms with E-state index in [4.69, 9.17) is 14.9 Å². The molecule has 1 aliphatic heterocycles. The lowest BCUT2D eigenvalue weighted by molar-refractivity contribution is -0.130. The number of fused-ring (bicyclic) bond motifs is 1. The third-order valence-corrected chi connectivity index (χ3v) is 5.90. The molecule has 0 saturated carbocycles. The normalized spacial score (nSPS) is 16.4. The number of benzene rings is 2. The number of carbonyl (C=O) groups excluding carboxylic acids is 1. The third kappa shape index (κ3) is 4.15. The lowest BCUT2D eigenvalue weighted by Crippen LogP contribution is -2.58. The van der Waals surface area contributed by atoms with Gasteiger partial charge >= 0.3 is 5.76 Å². The average Bonchev–Trinajstić information content (AvgIpc) is 3.07. The fourth-order valence-electron chi connectivity index (χ4n) is 3.81. The van der Waals surface area contributed by atoms with E-state index in [1.54, 1.807) is 37.4 Å². The molecule has 32 heavy (non-hydrogen) atoms. The summed E-state index contributed by atoms with van der Waals surface area (Å²) >= 11 is 0. The van der Waals surface area contributed by atoms with E-state index in [-0.39, 0.29) is 6.42 Å². The van der Waals surface area contributed by atoms with Crippen molar-refractivity contribution in [2.24, 2.45) is 12.8 Å². The summed E-state index contributed by atoms with van der Waals surface area (Å²) in [6.45, 7) is 0.770. The fraction of sp³-hybridized carbons (Fsp3) is 0.348. The second kappa shape index (κ2) is 8.57. The highest BCUT2D eigenvalue weighted by Crippen LogP contribution is 2.26. The van der Waals surface area contributed by atoms with Crippen molar-refractivity contribution in [3.05, 3.63) is 58.3 Å². The minimum atomic E-state index is -1.08. The van der Waals surface area contributed by atoms with Gasteiger partial charge in [0.05, 0.1) is 17.1 Å². The SMILES string of the molecule is Cn1c(=O)oc2ccc(-c3ccc(CC(C#N)NC(=O)C4(N)CCOCC4)c(F)c3)cc21. The van der Waals surface area contributed by atoms with E-state index in [0.29, 0.717) is 53.8 Å². The molecule has 1 unspecified atom stereocenters. The van der Waals surface area contributed by atoms with Crippen LogP contribution in [-0.2, 0) is 23.0 Å². The zero-order valence-corrected chi connectivity index (χ0v) is 17.6. The predicted octanol–water partition coefficient (Wildman–Crippen LogP) is 2.00. The summed E-state index contributed by atoms with van der Waals surface area (Å²) in [6.07, 6.45) is 0.746. The number of hydrogen-bond donors (Lipinski definition) is 2. The van der Waals surface area contributed by atoms with E-state index in [2.05, 4.69) is 5.32 Å². The molecular formula is C23H23FN4O4. The summed E-state index contributed by atoms with van der Waals surface area (Å²) < 4.78 is 26.6. The topological polar surface area (TPSA) is 123 Å². The molecular weight excluding hydrogens is 415 g/mol. The summed E-state index contributed by atoms with van der Waals surface area (Å²) in [6, 6.07) is 10.9. The van der Waals surface area contributed by atoms with Crippen LogP contribution in [0.25, 0.3) is 22.2 Å². The number of amides is 1. The Bertz CT molecular complexity index is 1270. The Morgan fingerprint density at radius 1 is 1.28 bits per heavy atom. The molecule has 1 saturated heterocycles. The van der Waals surface area contributed by atoms with Crippen LogP contribution in [0.2, 0.25) is 0 Å². The molecule has 1 aliphatic rings. The van der Waals surface area contributed by atoms with Gasteiger partial charge in [-0.25, -0.2) is 9.18 Å². The molecule has 0 bridgehead atoms. The van der Waals surface area contributed by atoms with Crippen LogP contribution in [0.15, 0.2) is 45.6 Å². The highest BCUT2D eigenvalue weighted by molar-refractivity contribution is 5.86. The van der Waals surface area contributed by atoms with Crippen LogP contribution < -0.4 is 16.8 Å². The monoisotopic (exact) mass is 438 g/mol. The quantitative estimate of drug-likeness (QED) is 0.628. The molecule has 2 heterocycles. The fourth-order valence-corrected chi connectivity index (χ4v) is 3.81. The van der Waals surface area contributed by atoms with Gasteiger partial charge in [0.2, 0.25) is 5.91 Å². The van der Waals surface area contributed by atoms with Gasteiger partial charge in [-0.15, -0.1) is 0 Å². The van der Waals surface area contributed by atoms with E-state index < -0.39 is 29.1 Å². The summed E-state index contributed by atoms with van der Waals surface area (Å²) in [4.78, 5) is 24.3. The molecule has 1 aromatic heterocycles. The zero-order valence-electron chi connectivity index (χ0n) is 17.6. The molecule has 1 amide bonds. The molecule has 0 aliphatic carbocycles. The number of halogens is 1. The number of rotatable bonds is 5. The number of aryl methyl sites for hydroxylation is 1. The lowest BCUT2D eigenvalue weighted by Gasteiger charge is -2.32. The molecule has 3 N–H and O–H groups in total. The first-order valence-corrected chi connectivity index (χ1v) is 10.3. The first-order valence-electron chi connectivity index (χ1n) is 10.3. The number of nitriles is 1. The molecule has 1 fully saturated rings. The van der Waals surface area contributed by atoms with Crippen LogP contribution in [0, 0.1) is 17.1 Å². The third-order valence-electron chi connectivity index (χ3n) is 5.90. The summed E-state index contributed by atoms with van der Waals surface area (Å²) in [7, 11) is 1.60. The van der Waals surface area contributed by atoms with Crippen molar-refractivity contribution in [2.45, 2.75) is 30.8 Å². The Labute approximate surface area is 183 Å². The zero-order chi connectivity index (χ0) is 22.9. The molecule has 3 aromatic rings. The Hall–Kier alpha value is -3.48. The van der Waals surface area contributed by atoms with Crippen molar-refractivity contribution in [2.75, 3.05) is 13.2 Å². The Kier molecular flexibility index (Phi) is 5.82. The van der Waals surface area contributed by atoms with E-state index >= 15 is 0 Å². The predicted molar refractivity (Wildman–Crippen MR) is 115 cm³/mol. The summed E-state index contributed by atoms with van der Waals surface area (Å²) in [5, 5.41) is 12.1. The second-order valence-corrected chi connectivity index (χ2v) is 8.04. The highest BCUT2D eigenvalue weighted by atomic mass is 19.1. The minimum absolute atomic E-state index is 0.0101. The van der Waals surface area contributed by atoms with Gasteiger partial charge in [0, 0.05) is 26.7 Å². The van der Waals surface area contributed by atoms with Gasteiger partial charge in [0.25, 0.3) is 0 Å². The Morgan fingerprint density at radius 2 is 1.97 bits per heavy atom. The number of aromatic nitrogens is 1. The lowest BCUT2D eigenvalue weighted by atomic mass is 9.90. The van der Waals surface area contributed by atoms with E-state index in [0.717, 1.165) is 0 Å². The number of ether oxygens (including phenoxy) is 1. The van der Waals surface area contributed by atoms with Crippen molar-refractivity contribution >= 4 is 17.0 Å². The number of hydrogen-bond acceptors (Lipinski definition) is 6. The average molecular weight is 438 g/mol. The molecule has 1 atom stereocenters. The summed E-state index contributed by atoms with van der Waals surface area (Å²) in [5.41, 5.74) is 7.77. The first-order chi connectivity index (χ1) is 15.3. The first kappa shape index (κ1) is 21.7. The van der Waals surface area contributed by atoms with Crippen molar-refractivity contribution in [3.8, 4) is 17.2 Å². The smallest absolute Gasteiger partial charge is 0.408 e. The number of oxazole rings is 1. The van der Waals surface area contributed by atoms with Crippen molar-refractivity contribution in [1.29, 1.82) is 5.26 Å². The summed E-state index contributed by atoms with van der Waals surface area (Å²) in [5.74, 6) is -1.39. The molecule has 2 aromatic carbocycles. The molecule has 8 nitrogen and oxygen atoms in total. The number of nitrogens with zero attached hydrogens (tertiary/aromatic N) is 2. The van der Waals surface area contributed by atoms with Crippen LogP contribution >= 0.6 is 0 Å². The molecule has 0 spiro atoms. The van der Waals surface area contributed by atoms with Gasteiger partial charge in [0.1, 0.15) is 11.9 Å². The molecule has 166 valence electrons. The van der Waals surface area contributed by atoms with Crippen LogP contribution in [-0.4, -0.2) is 35.3 Å². The second-order valence-electron chi connectivity index (χ2n) is 8.04. The van der Waals surface area contributed by atoms with Crippen molar-refractivity contribution in [1.82, 2.24) is 9.88 Å². The van der Waals surface area contributed by atoms with Crippen molar-refractivity contribution in [3.63, 3.8) is 0 Å². The maximum atomic E-state index is 14.9.